The molecule has 3 aromatic rings. The SMILES string of the molecule is CC(C)C(NC(=O)CN(Cc1ccco1)C(=O)[C@@H](NC(=O)c1ccc(C(=O)NS(=O)(=O)c2ccc(Cl)cc2)cc1)C(C)C)C(=O)C(F)(F)F. The molecule has 0 spiro atoms. The lowest BCUT2D eigenvalue weighted by Crippen LogP contribution is -2.55. The number of ketones is 1. The molecule has 3 N–H and O–H groups in total. The Morgan fingerprint density at radius 2 is 1.37 bits per heavy atom. The largest absolute Gasteiger partial charge is 0.467 e. The minimum Gasteiger partial charge on any atom is -0.467 e. The Balaban J connectivity index is 1.76. The average molecular weight is 727 g/mol. The van der Waals surface area contributed by atoms with Gasteiger partial charge in [-0.25, -0.2) is 13.1 Å². The minimum absolute atomic E-state index is 0.00340. The first-order chi connectivity index (χ1) is 22.8. The van der Waals surface area contributed by atoms with E-state index >= 15 is 0 Å². The number of rotatable bonds is 14. The molecule has 17 heteroatoms. The predicted molar refractivity (Wildman–Crippen MR) is 171 cm³/mol. The van der Waals surface area contributed by atoms with Crippen molar-refractivity contribution in [3.63, 3.8) is 0 Å². The third kappa shape index (κ3) is 10.6. The zero-order valence-electron chi connectivity index (χ0n) is 26.7. The Morgan fingerprint density at radius 1 is 0.816 bits per heavy atom. The van der Waals surface area contributed by atoms with Crippen molar-refractivity contribution in [1.82, 2.24) is 20.3 Å². The lowest BCUT2D eigenvalue weighted by Gasteiger charge is -2.30. The van der Waals surface area contributed by atoms with Crippen LogP contribution in [0.2, 0.25) is 5.02 Å². The molecule has 2 aromatic carbocycles. The number of hydrogen-bond donors (Lipinski definition) is 3. The van der Waals surface area contributed by atoms with E-state index in [0.717, 1.165) is 4.90 Å². The van der Waals surface area contributed by atoms with Gasteiger partial charge in [0.15, 0.2) is 0 Å². The van der Waals surface area contributed by atoms with Gasteiger partial charge in [-0.2, -0.15) is 13.2 Å². The van der Waals surface area contributed by atoms with Crippen molar-refractivity contribution in [3.05, 3.63) is 88.8 Å². The first kappa shape index (κ1) is 38.7. The van der Waals surface area contributed by atoms with Crippen LogP contribution in [0.15, 0.2) is 76.2 Å². The zero-order valence-corrected chi connectivity index (χ0v) is 28.3. The summed E-state index contributed by atoms with van der Waals surface area (Å²) in [6, 6.07) is 9.89. The second kappa shape index (κ2) is 16.1. The van der Waals surface area contributed by atoms with Gasteiger partial charge in [0.2, 0.25) is 11.8 Å². The van der Waals surface area contributed by atoms with E-state index in [9.17, 15) is 45.6 Å². The van der Waals surface area contributed by atoms with Crippen molar-refractivity contribution in [2.75, 3.05) is 6.54 Å². The molecule has 1 heterocycles. The Labute approximate surface area is 285 Å². The number of sulfonamides is 1. The molecule has 12 nitrogen and oxygen atoms in total. The lowest BCUT2D eigenvalue weighted by molar-refractivity contribution is -0.175. The summed E-state index contributed by atoms with van der Waals surface area (Å²) in [6.45, 7) is 4.81. The van der Waals surface area contributed by atoms with E-state index in [0.29, 0.717) is 5.02 Å². The number of nitrogens with zero attached hydrogens (tertiary/aromatic N) is 1. The fourth-order valence-corrected chi connectivity index (χ4v) is 5.57. The van der Waals surface area contributed by atoms with Crippen LogP contribution in [0, 0.1) is 11.8 Å². The molecule has 1 aromatic heterocycles. The molecule has 0 bridgehead atoms. The fourth-order valence-electron chi connectivity index (χ4n) is 4.47. The van der Waals surface area contributed by atoms with E-state index in [2.05, 4.69) is 10.6 Å². The fraction of sp³-hybridized carbons (Fsp3) is 0.344. The smallest absolute Gasteiger partial charge is 0.452 e. The molecule has 0 aliphatic heterocycles. The molecule has 0 aliphatic rings. The quantitative estimate of drug-likeness (QED) is 0.223. The van der Waals surface area contributed by atoms with Gasteiger partial charge in [0, 0.05) is 16.1 Å². The van der Waals surface area contributed by atoms with Crippen LogP contribution >= 0.6 is 11.6 Å². The Morgan fingerprint density at radius 3 is 1.86 bits per heavy atom. The zero-order chi connectivity index (χ0) is 36.7. The highest BCUT2D eigenvalue weighted by Crippen LogP contribution is 2.21. The van der Waals surface area contributed by atoms with E-state index in [1.165, 1.54) is 80.8 Å². The van der Waals surface area contributed by atoms with Gasteiger partial charge in [0.05, 0.1) is 23.7 Å². The highest BCUT2D eigenvalue weighted by atomic mass is 35.5. The topological polar surface area (TPSA) is 172 Å². The molecule has 0 radical (unpaired) electrons. The maximum absolute atomic E-state index is 13.8. The summed E-state index contributed by atoms with van der Waals surface area (Å²) < 4.78 is 71.8. The van der Waals surface area contributed by atoms with Crippen LogP contribution in [0.25, 0.3) is 0 Å². The number of Topliss-reactive ketones (excluding diaryl/α,β-unsaturated/α-hetero) is 1. The Hall–Kier alpha value is -4.70. The normalized spacial score (nSPS) is 13.0. The lowest BCUT2D eigenvalue weighted by atomic mass is 9.99. The van der Waals surface area contributed by atoms with Crippen molar-refractivity contribution in [2.24, 2.45) is 11.8 Å². The Bertz CT molecular complexity index is 1760. The van der Waals surface area contributed by atoms with Crippen molar-refractivity contribution < 1.29 is 50.0 Å². The third-order valence-electron chi connectivity index (χ3n) is 7.10. The van der Waals surface area contributed by atoms with Crippen LogP contribution in [0.1, 0.15) is 54.2 Å². The number of carbonyl (C=O) groups excluding carboxylic acids is 5. The van der Waals surface area contributed by atoms with Crippen molar-refractivity contribution in [2.45, 2.75) is 57.4 Å². The van der Waals surface area contributed by atoms with Crippen LogP contribution in [0.3, 0.4) is 0 Å². The van der Waals surface area contributed by atoms with Gasteiger partial charge in [0.1, 0.15) is 18.3 Å². The molecule has 3 rings (SSSR count). The number of hydrogen-bond acceptors (Lipinski definition) is 8. The number of carbonyl (C=O) groups is 5. The molecule has 49 heavy (non-hydrogen) atoms. The first-order valence-electron chi connectivity index (χ1n) is 14.7. The maximum atomic E-state index is 13.8. The molecule has 4 amide bonds. The van der Waals surface area contributed by atoms with Crippen molar-refractivity contribution >= 4 is 51.0 Å². The van der Waals surface area contributed by atoms with E-state index in [-0.39, 0.29) is 28.3 Å². The van der Waals surface area contributed by atoms with E-state index in [1.54, 1.807) is 13.8 Å². The number of furan rings is 1. The van der Waals surface area contributed by atoms with Crippen molar-refractivity contribution in [1.29, 1.82) is 0 Å². The van der Waals surface area contributed by atoms with Gasteiger partial charge in [-0.3, -0.25) is 24.0 Å². The van der Waals surface area contributed by atoms with E-state index < -0.39 is 76.1 Å². The van der Waals surface area contributed by atoms with Gasteiger partial charge in [-0.05, 0) is 72.5 Å². The standard InChI is InChI=1S/C32H34ClF3N4O8S/c1-18(2)26(28(42)32(34,35)36)37-25(41)17-40(16-23-6-5-15-48-23)31(45)27(19(3)4)38-29(43)20-7-9-21(10-8-20)30(44)39-49(46,47)24-13-11-22(33)12-14-24/h5-15,18-19,26-27H,16-17H2,1-4H3,(H,37,41)(H,38,43)(H,39,44)/t26?,27-/m0/s1. The molecule has 1 unspecified atom stereocenters. The van der Waals surface area contributed by atoms with E-state index in [4.69, 9.17) is 16.0 Å². The highest BCUT2D eigenvalue weighted by molar-refractivity contribution is 7.90. The highest BCUT2D eigenvalue weighted by Gasteiger charge is 2.45. The van der Waals surface area contributed by atoms with E-state index in [1.807, 2.05) is 4.72 Å². The van der Waals surface area contributed by atoms with Gasteiger partial charge >= 0.3 is 6.18 Å². The molecule has 0 saturated carbocycles. The summed E-state index contributed by atoms with van der Waals surface area (Å²) in [5.41, 5.74) is -0.0961. The van der Waals surface area contributed by atoms with Gasteiger partial charge in [-0.1, -0.05) is 39.3 Å². The number of benzene rings is 2. The number of amides is 4. The van der Waals surface area contributed by atoms with Gasteiger partial charge in [0.25, 0.3) is 27.6 Å². The summed E-state index contributed by atoms with van der Waals surface area (Å²) in [4.78, 5) is 65.2. The molecule has 2 atom stereocenters. The molecule has 0 fully saturated rings. The van der Waals surface area contributed by atoms with Crippen LogP contribution in [-0.4, -0.2) is 67.5 Å². The van der Waals surface area contributed by atoms with Crippen LogP contribution < -0.4 is 15.4 Å². The molecule has 0 saturated heterocycles. The van der Waals surface area contributed by atoms with Gasteiger partial charge < -0.3 is 20.0 Å². The summed E-state index contributed by atoms with van der Waals surface area (Å²) >= 11 is 5.78. The molecule has 264 valence electrons. The number of nitrogens with one attached hydrogen (secondary N) is 3. The summed E-state index contributed by atoms with van der Waals surface area (Å²) in [5, 5.41) is 4.94. The summed E-state index contributed by atoms with van der Waals surface area (Å²) in [6.07, 6.45) is -3.89. The molecular formula is C32H34ClF3N4O8S. The predicted octanol–water partition coefficient (Wildman–Crippen LogP) is 4.11. The maximum Gasteiger partial charge on any atom is 0.452 e. The third-order valence-corrected chi connectivity index (χ3v) is 8.70. The van der Waals surface area contributed by atoms with Crippen molar-refractivity contribution in [3.8, 4) is 0 Å². The summed E-state index contributed by atoms with van der Waals surface area (Å²) in [5.74, 6) is -6.94. The second-order valence-electron chi connectivity index (χ2n) is 11.6. The van der Waals surface area contributed by atoms with Crippen LogP contribution in [-0.2, 0) is 31.0 Å². The molecular weight excluding hydrogens is 693 g/mol. The number of halogens is 4. The summed E-state index contributed by atoms with van der Waals surface area (Å²) in [7, 11) is -4.23. The second-order valence-corrected chi connectivity index (χ2v) is 13.7. The average Bonchev–Trinajstić information content (AvgIpc) is 3.54. The monoisotopic (exact) mass is 726 g/mol. The Kier molecular flexibility index (Phi) is 12.8. The van der Waals surface area contributed by atoms with Crippen LogP contribution in [0.4, 0.5) is 13.2 Å². The first-order valence-corrected chi connectivity index (χ1v) is 16.6. The minimum atomic E-state index is -5.20. The van der Waals surface area contributed by atoms with Crippen LogP contribution in [0.5, 0.6) is 0 Å². The molecule has 0 aliphatic carbocycles. The number of alkyl halides is 3. The van der Waals surface area contributed by atoms with Gasteiger partial charge in [-0.15, -0.1) is 0 Å².